The zero-order valence-corrected chi connectivity index (χ0v) is 18.7. The molecule has 1 saturated heterocycles. The van der Waals surface area contributed by atoms with Crippen LogP contribution >= 0.6 is 0 Å². The lowest BCUT2D eigenvalue weighted by atomic mass is 9.92. The molecule has 0 bridgehead atoms. The van der Waals surface area contributed by atoms with Crippen LogP contribution < -0.4 is 11.1 Å². The number of fused-ring (bicyclic) bond motifs is 1. The average Bonchev–Trinajstić information content (AvgIpc) is 3.21. The van der Waals surface area contributed by atoms with Gasteiger partial charge in [0.1, 0.15) is 6.04 Å². The Morgan fingerprint density at radius 2 is 1.91 bits per heavy atom. The summed E-state index contributed by atoms with van der Waals surface area (Å²) in [4.78, 5) is 35.8. The second-order valence-electron chi connectivity index (χ2n) is 9.17. The number of carbonyl (C=O) groups excluding carboxylic acids is 2. The highest BCUT2D eigenvalue weighted by Crippen LogP contribution is 2.27. The van der Waals surface area contributed by atoms with Crippen LogP contribution in [0.2, 0.25) is 0 Å². The number of carbonyl (C=O) groups is 2. The van der Waals surface area contributed by atoms with Crippen LogP contribution in [0.1, 0.15) is 43.9 Å². The van der Waals surface area contributed by atoms with Gasteiger partial charge < -0.3 is 20.9 Å². The third-order valence-corrected chi connectivity index (χ3v) is 6.20. The highest BCUT2D eigenvalue weighted by Gasteiger charge is 2.33. The molecule has 1 fully saturated rings. The molecule has 3 aromatic rings. The lowest BCUT2D eigenvalue weighted by molar-refractivity contribution is -0.138. The molecule has 1 aliphatic rings. The maximum Gasteiger partial charge on any atom is 0.245 e. The summed E-state index contributed by atoms with van der Waals surface area (Å²) in [6.45, 7) is 4.58. The number of benzene rings is 1. The van der Waals surface area contributed by atoms with Gasteiger partial charge in [0.05, 0.1) is 5.54 Å². The zero-order chi connectivity index (χ0) is 22.7. The van der Waals surface area contributed by atoms with Gasteiger partial charge in [-0.15, -0.1) is 0 Å². The predicted octanol–water partition coefficient (Wildman–Crippen LogP) is 2.73. The van der Waals surface area contributed by atoms with Gasteiger partial charge in [0, 0.05) is 54.4 Å². The maximum atomic E-state index is 13.5. The first-order valence-corrected chi connectivity index (χ1v) is 11.2. The number of aromatic amines is 1. The summed E-state index contributed by atoms with van der Waals surface area (Å²) >= 11 is 0. The van der Waals surface area contributed by atoms with Crippen molar-refractivity contribution in [2.75, 3.05) is 13.1 Å². The molecule has 2 aromatic heterocycles. The smallest absolute Gasteiger partial charge is 0.245 e. The number of rotatable bonds is 6. The molecule has 1 aliphatic heterocycles. The fourth-order valence-electron chi connectivity index (χ4n) is 4.30. The molecule has 4 N–H and O–H groups in total. The van der Waals surface area contributed by atoms with Crippen LogP contribution in [0.5, 0.6) is 0 Å². The van der Waals surface area contributed by atoms with Gasteiger partial charge in [-0.2, -0.15) is 0 Å². The molecule has 3 heterocycles. The molecule has 1 aromatic carbocycles. The van der Waals surface area contributed by atoms with Crippen molar-refractivity contribution in [3.05, 3.63) is 66.1 Å². The Kier molecular flexibility index (Phi) is 6.28. The first-order valence-electron chi connectivity index (χ1n) is 11.2. The Morgan fingerprint density at radius 1 is 1.19 bits per heavy atom. The van der Waals surface area contributed by atoms with Crippen LogP contribution in [-0.4, -0.2) is 51.4 Å². The van der Waals surface area contributed by atoms with Crippen molar-refractivity contribution >= 4 is 22.7 Å². The van der Waals surface area contributed by atoms with Gasteiger partial charge in [0.2, 0.25) is 11.8 Å². The molecule has 0 spiro atoms. The summed E-state index contributed by atoms with van der Waals surface area (Å²) in [5.41, 5.74) is 8.02. The summed E-state index contributed by atoms with van der Waals surface area (Å²) in [6.07, 6.45) is 5.86. The molecule has 2 amide bonds. The molecule has 0 unspecified atom stereocenters. The van der Waals surface area contributed by atoms with Crippen molar-refractivity contribution in [2.45, 2.75) is 50.6 Å². The number of amides is 2. The van der Waals surface area contributed by atoms with E-state index in [0.29, 0.717) is 25.4 Å². The number of likely N-dealkylation sites (tertiary alicyclic amines) is 1. The largest absolute Gasteiger partial charge is 0.361 e. The molecular formula is C25H31N5O2. The lowest BCUT2D eigenvalue weighted by Gasteiger charge is -2.35. The second kappa shape index (κ2) is 9.12. The van der Waals surface area contributed by atoms with Crippen molar-refractivity contribution < 1.29 is 9.59 Å². The summed E-state index contributed by atoms with van der Waals surface area (Å²) in [7, 11) is 0. The van der Waals surface area contributed by atoms with E-state index in [9.17, 15) is 9.59 Å². The number of hydrogen-bond donors (Lipinski definition) is 3. The Bertz CT molecular complexity index is 1080. The number of aromatic nitrogens is 2. The van der Waals surface area contributed by atoms with E-state index >= 15 is 0 Å². The Hall–Kier alpha value is -3.19. The summed E-state index contributed by atoms with van der Waals surface area (Å²) in [5.74, 6) is -0.0451. The summed E-state index contributed by atoms with van der Waals surface area (Å²) < 4.78 is 0. The molecule has 0 radical (unpaired) electrons. The Morgan fingerprint density at radius 3 is 2.59 bits per heavy atom. The minimum Gasteiger partial charge on any atom is -0.361 e. The van der Waals surface area contributed by atoms with Gasteiger partial charge >= 0.3 is 0 Å². The van der Waals surface area contributed by atoms with Gasteiger partial charge in [-0.1, -0.05) is 24.3 Å². The Balaban J connectivity index is 1.50. The van der Waals surface area contributed by atoms with Crippen molar-refractivity contribution in [2.24, 2.45) is 5.73 Å². The normalized spacial score (nSPS) is 16.2. The van der Waals surface area contributed by atoms with Crippen LogP contribution in [0.25, 0.3) is 10.9 Å². The second-order valence-corrected chi connectivity index (χ2v) is 9.17. The van der Waals surface area contributed by atoms with Crippen LogP contribution in [0.3, 0.4) is 0 Å². The number of nitrogens with one attached hydrogen (secondary N) is 2. The van der Waals surface area contributed by atoms with Crippen molar-refractivity contribution in [1.82, 2.24) is 20.2 Å². The van der Waals surface area contributed by atoms with E-state index in [4.69, 9.17) is 5.73 Å². The van der Waals surface area contributed by atoms with E-state index in [1.165, 1.54) is 0 Å². The van der Waals surface area contributed by atoms with Crippen molar-refractivity contribution in [3.63, 3.8) is 0 Å². The Labute approximate surface area is 188 Å². The highest BCUT2D eigenvalue weighted by molar-refractivity contribution is 5.92. The minimum absolute atomic E-state index is 0.0626. The van der Waals surface area contributed by atoms with Gasteiger partial charge in [-0.3, -0.25) is 14.6 Å². The average molecular weight is 434 g/mol. The molecule has 7 heteroatoms. The fraction of sp³-hybridized carbons (Fsp3) is 0.400. The first-order chi connectivity index (χ1) is 15.3. The molecule has 168 valence electrons. The van der Waals surface area contributed by atoms with E-state index in [1.54, 1.807) is 13.8 Å². The maximum absolute atomic E-state index is 13.5. The topological polar surface area (TPSA) is 104 Å². The first kappa shape index (κ1) is 22.0. The zero-order valence-electron chi connectivity index (χ0n) is 18.7. The summed E-state index contributed by atoms with van der Waals surface area (Å²) in [6, 6.07) is 13.3. The lowest BCUT2D eigenvalue weighted by Crippen LogP contribution is -2.57. The molecule has 7 nitrogen and oxygen atoms in total. The number of piperidine rings is 1. The molecule has 0 aliphatic carbocycles. The number of para-hydroxylation sites is 1. The van der Waals surface area contributed by atoms with E-state index in [1.807, 2.05) is 59.8 Å². The number of nitrogens with zero attached hydrogens (tertiary/aromatic N) is 2. The predicted molar refractivity (Wildman–Crippen MR) is 125 cm³/mol. The van der Waals surface area contributed by atoms with Crippen LogP contribution in [0.15, 0.2) is 54.9 Å². The quantitative estimate of drug-likeness (QED) is 0.556. The van der Waals surface area contributed by atoms with Gasteiger partial charge in [-0.25, -0.2) is 0 Å². The van der Waals surface area contributed by atoms with Gasteiger partial charge in [0.25, 0.3) is 0 Å². The van der Waals surface area contributed by atoms with Crippen molar-refractivity contribution in [1.29, 1.82) is 0 Å². The monoisotopic (exact) mass is 433 g/mol. The van der Waals surface area contributed by atoms with E-state index in [-0.39, 0.29) is 11.8 Å². The number of H-pyrrole nitrogens is 1. The third-order valence-electron chi connectivity index (χ3n) is 6.20. The molecule has 4 rings (SSSR count). The van der Waals surface area contributed by atoms with Gasteiger partial charge in [0.15, 0.2) is 0 Å². The molecule has 0 saturated carbocycles. The van der Waals surface area contributed by atoms with Gasteiger partial charge in [-0.05, 0) is 50.5 Å². The number of pyridine rings is 1. The SMILES string of the molecule is CC(C)(N)C(=O)N[C@H](Cc1c[nH]c2ccccc12)C(=O)N1CCC(c2ccccn2)CC1. The highest BCUT2D eigenvalue weighted by atomic mass is 16.2. The minimum atomic E-state index is -1.06. The number of hydrogen-bond acceptors (Lipinski definition) is 4. The van der Waals surface area contributed by atoms with Crippen LogP contribution in [-0.2, 0) is 16.0 Å². The standard InChI is InChI=1S/C25H31N5O2/c1-25(2,26)24(32)29-22(15-18-16-28-21-9-4-3-7-19(18)21)23(31)30-13-10-17(11-14-30)20-8-5-6-12-27-20/h3-9,12,16-17,22,28H,10-11,13-15,26H2,1-2H3,(H,29,32)/t22-/m1/s1. The van der Waals surface area contributed by atoms with E-state index in [2.05, 4.69) is 15.3 Å². The van der Waals surface area contributed by atoms with Crippen molar-refractivity contribution in [3.8, 4) is 0 Å². The number of nitrogens with two attached hydrogens (primary N) is 1. The third kappa shape index (κ3) is 4.83. The van der Waals surface area contributed by atoms with Crippen LogP contribution in [0.4, 0.5) is 0 Å². The molecule has 32 heavy (non-hydrogen) atoms. The summed E-state index contributed by atoms with van der Waals surface area (Å²) in [5, 5.41) is 3.97. The van der Waals surface area contributed by atoms with E-state index in [0.717, 1.165) is 35.0 Å². The van der Waals surface area contributed by atoms with E-state index < -0.39 is 11.6 Å². The molecule has 1 atom stereocenters. The molecular weight excluding hydrogens is 402 g/mol. The fourth-order valence-corrected chi connectivity index (χ4v) is 4.30. The van der Waals surface area contributed by atoms with Crippen LogP contribution in [0, 0.1) is 0 Å².